The van der Waals surface area contributed by atoms with Gasteiger partial charge in [-0.15, -0.1) is 0 Å². The number of nitrogens with zero attached hydrogens (tertiary/aromatic N) is 3. The molecule has 4 rings (SSSR count). The maximum Gasteiger partial charge on any atom is 0.168 e. The van der Waals surface area contributed by atoms with Crippen LogP contribution in [0, 0.1) is 11.3 Å². The highest BCUT2D eigenvalue weighted by Crippen LogP contribution is 2.42. The van der Waals surface area contributed by atoms with Crippen molar-refractivity contribution in [2.75, 3.05) is 19.6 Å². The van der Waals surface area contributed by atoms with E-state index in [0.29, 0.717) is 5.56 Å². The number of pyridine rings is 1. The number of hydrogen-bond acceptors (Lipinski definition) is 5. The molecule has 2 aliphatic rings. The van der Waals surface area contributed by atoms with E-state index >= 15 is 0 Å². The molecule has 0 saturated carbocycles. The van der Waals surface area contributed by atoms with Gasteiger partial charge in [-0.1, -0.05) is 30.3 Å². The highest BCUT2D eigenvalue weighted by molar-refractivity contribution is 5.90. The zero-order valence-corrected chi connectivity index (χ0v) is 16.9. The Labute approximate surface area is 172 Å². The molecule has 0 radical (unpaired) electrons. The molecular weight excluding hydrogens is 362 g/mol. The van der Waals surface area contributed by atoms with E-state index in [2.05, 4.69) is 28.1 Å². The molecule has 3 heterocycles. The number of ketones is 1. The van der Waals surface area contributed by atoms with Crippen molar-refractivity contribution in [2.45, 2.75) is 50.2 Å². The van der Waals surface area contributed by atoms with E-state index in [1.54, 1.807) is 12.3 Å². The summed E-state index contributed by atoms with van der Waals surface area (Å²) in [4.78, 5) is 19.6. The average molecular weight is 389 g/mol. The molecule has 0 aliphatic carbocycles. The summed E-state index contributed by atoms with van der Waals surface area (Å²) < 4.78 is 6.30. The Morgan fingerprint density at radius 1 is 1.24 bits per heavy atom. The molecule has 2 atom stereocenters. The summed E-state index contributed by atoms with van der Waals surface area (Å²) in [5.74, 6) is 0.136. The van der Waals surface area contributed by atoms with Gasteiger partial charge in [0.2, 0.25) is 0 Å². The van der Waals surface area contributed by atoms with Crippen molar-refractivity contribution >= 4 is 5.78 Å². The smallest absolute Gasteiger partial charge is 0.168 e. The zero-order valence-electron chi connectivity index (χ0n) is 16.9. The SMILES string of the molecule is CC1OC2(CCN(CCc3cc(C#N)ccn3)CC2)CC(c2ccccc2)C1=O. The van der Waals surface area contributed by atoms with Crippen molar-refractivity contribution in [3.8, 4) is 6.07 Å². The molecule has 1 aromatic heterocycles. The lowest BCUT2D eigenvalue weighted by Gasteiger charge is -2.47. The Bertz CT molecular complexity index is 898. The summed E-state index contributed by atoms with van der Waals surface area (Å²) in [7, 11) is 0. The lowest BCUT2D eigenvalue weighted by molar-refractivity contribution is -0.171. The third kappa shape index (κ3) is 4.39. The number of rotatable bonds is 4. The van der Waals surface area contributed by atoms with Crippen LogP contribution in [0.2, 0.25) is 0 Å². The first kappa shape index (κ1) is 19.8. The number of aromatic nitrogens is 1. The third-order valence-corrected chi connectivity index (χ3v) is 6.35. The van der Waals surface area contributed by atoms with Crippen LogP contribution >= 0.6 is 0 Å². The minimum absolute atomic E-state index is 0.0654. The topological polar surface area (TPSA) is 66.2 Å². The molecule has 0 N–H and O–H groups in total. The monoisotopic (exact) mass is 389 g/mol. The Balaban J connectivity index is 1.37. The Morgan fingerprint density at radius 3 is 2.72 bits per heavy atom. The minimum Gasteiger partial charge on any atom is -0.364 e. The lowest BCUT2D eigenvalue weighted by atomic mass is 9.75. The van der Waals surface area contributed by atoms with Crippen LogP contribution < -0.4 is 0 Å². The molecule has 5 nitrogen and oxygen atoms in total. The van der Waals surface area contributed by atoms with Crippen molar-refractivity contribution in [2.24, 2.45) is 0 Å². The maximum atomic E-state index is 12.8. The summed E-state index contributed by atoms with van der Waals surface area (Å²) in [6.45, 7) is 4.74. The number of hydrogen-bond donors (Lipinski definition) is 0. The second-order valence-electron chi connectivity index (χ2n) is 8.25. The first-order valence-electron chi connectivity index (χ1n) is 10.4. The number of benzene rings is 1. The summed E-state index contributed by atoms with van der Waals surface area (Å²) in [6.07, 6.45) is 4.86. The van der Waals surface area contributed by atoms with Crippen LogP contribution in [0.25, 0.3) is 0 Å². The number of carbonyl (C=O) groups excluding carboxylic acids is 1. The maximum absolute atomic E-state index is 12.8. The lowest BCUT2D eigenvalue weighted by Crippen LogP contribution is -2.53. The van der Waals surface area contributed by atoms with E-state index < -0.39 is 0 Å². The molecule has 0 amide bonds. The largest absolute Gasteiger partial charge is 0.364 e. The number of ether oxygens (including phenoxy) is 1. The van der Waals surface area contributed by atoms with Crippen LogP contribution in [0.5, 0.6) is 0 Å². The van der Waals surface area contributed by atoms with Crippen molar-refractivity contribution in [1.29, 1.82) is 5.26 Å². The summed E-state index contributed by atoms with van der Waals surface area (Å²) in [5.41, 5.74) is 2.52. The molecule has 2 fully saturated rings. The quantitative estimate of drug-likeness (QED) is 0.801. The number of likely N-dealkylation sites (tertiary alicyclic amines) is 1. The summed E-state index contributed by atoms with van der Waals surface area (Å²) >= 11 is 0. The van der Waals surface area contributed by atoms with Crippen molar-refractivity contribution in [1.82, 2.24) is 9.88 Å². The van der Waals surface area contributed by atoms with E-state index in [4.69, 9.17) is 10.00 Å². The van der Waals surface area contributed by atoms with Crippen LogP contribution in [0.15, 0.2) is 48.7 Å². The fourth-order valence-corrected chi connectivity index (χ4v) is 4.67. The van der Waals surface area contributed by atoms with Gasteiger partial charge in [-0.3, -0.25) is 9.78 Å². The Morgan fingerprint density at radius 2 is 2.00 bits per heavy atom. The van der Waals surface area contributed by atoms with E-state index in [9.17, 15) is 4.79 Å². The molecule has 5 heteroatoms. The molecule has 1 aromatic carbocycles. The summed E-state index contributed by atoms with van der Waals surface area (Å²) in [5, 5.41) is 9.04. The van der Waals surface area contributed by atoms with E-state index in [1.165, 1.54) is 0 Å². The molecule has 2 aliphatic heterocycles. The van der Waals surface area contributed by atoms with Gasteiger partial charge in [-0.25, -0.2) is 0 Å². The molecular formula is C24H27N3O2. The number of carbonyl (C=O) groups is 1. The fourth-order valence-electron chi connectivity index (χ4n) is 4.67. The van der Waals surface area contributed by atoms with Crippen molar-refractivity contribution in [3.05, 3.63) is 65.5 Å². The number of Topliss-reactive ketones (excluding diaryl/α,β-unsaturated/α-hetero) is 1. The van der Waals surface area contributed by atoms with Crippen LogP contribution in [0.4, 0.5) is 0 Å². The Hall–Kier alpha value is -2.55. The highest BCUT2D eigenvalue weighted by Gasteiger charge is 2.46. The van der Waals surface area contributed by atoms with Crippen LogP contribution in [-0.2, 0) is 16.0 Å². The van der Waals surface area contributed by atoms with E-state index in [1.807, 2.05) is 31.2 Å². The Kier molecular flexibility index (Phi) is 5.75. The number of piperidine rings is 1. The van der Waals surface area contributed by atoms with Gasteiger partial charge < -0.3 is 9.64 Å². The van der Waals surface area contributed by atoms with Crippen LogP contribution in [0.3, 0.4) is 0 Å². The molecule has 29 heavy (non-hydrogen) atoms. The van der Waals surface area contributed by atoms with Crippen LogP contribution in [0.1, 0.15) is 48.9 Å². The third-order valence-electron chi connectivity index (χ3n) is 6.35. The molecule has 2 unspecified atom stereocenters. The van der Waals surface area contributed by atoms with E-state index in [0.717, 1.165) is 56.6 Å². The van der Waals surface area contributed by atoms with Crippen molar-refractivity contribution < 1.29 is 9.53 Å². The van der Waals surface area contributed by atoms with Gasteiger partial charge in [0, 0.05) is 43.9 Å². The molecule has 2 aromatic rings. The van der Waals surface area contributed by atoms with Crippen LogP contribution in [-0.4, -0.2) is 47.0 Å². The molecule has 1 spiro atoms. The zero-order chi connectivity index (χ0) is 20.3. The van der Waals surface area contributed by atoms with Gasteiger partial charge in [0.1, 0.15) is 6.10 Å². The van der Waals surface area contributed by atoms with Gasteiger partial charge in [0.25, 0.3) is 0 Å². The predicted molar refractivity (Wildman–Crippen MR) is 110 cm³/mol. The van der Waals surface area contributed by atoms with Gasteiger partial charge >= 0.3 is 0 Å². The van der Waals surface area contributed by atoms with Gasteiger partial charge in [-0.05, 0) is 43.9 Å². The molecule has 2 saturated heterocycles. The van der Waals surface area contributed by atoms with Gasteiger partial charge in [0.05, 0.1) is 17.2 Å². The second-order valence-corrected chi connectivity index (χ2v) is 8.25. The molecule has 0 bridgehead atoms. The molecule has 150 valence electrons. The van der Waals surface area contributed by atoms with E-state index in [-0.39, 0.29) is 23.4 Å². The first-order valence-corrected chi connectivity index (χ1v) is 10.4. The average Bonchev–Trinajstić information content (AvgIpc) is 2.77. The first-order chi connectivity index (χ1) is 14.1. The summed E-state index contributed by atoms with van der Waals surface area (Å²) in [6, 6.07) is 15.9. The predicted octanol–water partition coefficient (Wildman–Crippen LogP) is 3.49. The van der Waals surface area contributed by atoms with Gasteiger partial charge in [-0.2, -0.15) is 5.26 Å². The number of nitriles is 1. The second kappa shape index (κ2) is 8.44. The normalized spacial score (nSPS) is 24.3. The fraction of sp³-hybridized carbons (Fsp3) is 0.458. The standard InChI is InChI=1S/C24H27N3O2/c1-18-23(28)22(20-5-3-2-4-6-20)16-24(29-18)9-13-27(14-10-24)12-8-21-15-19(17-25)7-11-26-21/h2-7,11,15,18,22H,8-10,12-14,16H2,1H3. The van der Waals surface area contributed by atoms with Gasteiger partial charge in [0.15, 0.2) is 5.78 Å². The highest BCUT2D eigenvalue weighted by atomic mass is 16.5. The minimum atomic E-state index is -0.349. The van der Waals surface area contributed by atoms with Crippen molar-refractivity contribution in [3.63, 3.8) is 0 Å².